The summed E-state index contributed by atoms with van der Waals surface area (Å²) in [4.78, 5) is 19.7. The third kappa shape index (κ3) is 3.96. The summed E-state index contributed by atoms with van der Waals surface area (Å²) >= 11 is 12.9. The van der Waals surface area contributed by atoms with E-state index in [9.17, 15) is 4.79 Å². The smallest absolute Gasteiger partial charge is 0.257 e. The summed E-state index contributed by atoms with van der Waals surface area (Å²) in [6, 6.07) is 8.65. The molecular weight excluding hydrogens is 442 g/mol. The maximum Gasteiger partial charge on any atom is 0.257 e. The van der Waals surface area contributed by atoms with E-state index in [1.165, 1.54) is 11.3 Å². The molecule has 3 heterocycles. The first-order valence-corrected chi connectivity index (χ1v) is 10.7. The third-order valence-electron chi connectivity index (χ3n) is 4.78. The van der Waals surface area contributed by atoms with Gasteiger partial charge in [-0.15, -0.1) is 11.3 Å². The first-order valence-electron chi connectivity index (χ1n) is 9.04. The Morgan fingerprint density at radius 3 is 2.73 bits per heavy atom. The monoisotopic (exact) mass is 459 g/mol. The molecule has 7 nitrogen and oxygen atoms in total. The average molecular weight is 460 g/mol. The van der Waals surface area contributed by atoms with Crippen LogP contribution in [0, 0.1) is 6.92 Å². The summed E-state index contributed by atoms with van der Waals surface area (Å²) in [7, 11) is 1.81. The van der Waals surface area contributed by atoms with Crippen LogP contribution >= 0.6 is 35.2 Å². The average Bonchev–Trinajstić information content (AvgIpc) is 3.35. The van der Waals surface area contributed by atoms with Crippen LogP contribution in [0.4, 0.5) is 5.82 Å². The SMILES string of the molecule is CC1=C(C(=O)Nc2cc(C)on2)[C@@H](c2csc(-c3ccc(Cl)cc3)n2)NC(=S)N1C. The molecule has 0 fully saturated rings. The maximum atomic E-state index is 13.1. The number of allylic oxidation sites excluding steroid dienone is 1. The number of carbonyl (C=O) groups excluding carboxylic acids is 1. The van der Waals surface area contributed by atoms with Crippen molar-refractivity contribution in [3.05, 3.63) is 63.5 Å². The zero-order valence-electron chi connectivity index (χ0n) is 16.4. The predicted molar refractivity (Wildman–Crippen MR) is 121 cm³/mol. The molecule has 0 unspecified atom stereocenters. The fourth-order valence-corrected chi connectivity index (χ4v) is 4.34. The molecule has 1 atom stereocenters. The van der Waals surface area contributed by atoms with Gasteiger partial charge >= 0.3 is 0 Å². The standard InChI is InChI=1S/C20H18ClN5O2S2/c1-10-8-15(25-28-10)23-18(27)16-11(2)26(3)20(29)24-17(16)14-9-30-19(22-14)12-4-6-13(21)7-5-12/h4-9,17H,1-3H3,(H,24,29)(H,23,25,27)/t17-/m1/s1. The van der Waals surface area contributed by atoms with Crippen LogP contribution in [0.5, 0.6) is 0 Å². The van der Waals surface area contributed by atoms with Gasteiger partial charge in [-0.25, -0.2) is 4.98 Å². The van der Waals surface area contributed by atoms with Gasteiger partial charge < -0.3 is 20.1 Å². The Morgan fingerprint density at radius 2 is 2.07 bits per heavy atom. The van der Waals surface area contributed by atoms with E-state index in [2.05, 4.69) is 15.8 Å². The van der Waals surface area contributed by atoms with E-state index in [-0.39, 0.29) is 5.91 Å². The Morgan fingerprint density at radius 1 is 1.33 bits per heavy atom. The lowest BCUT2D eigenvalue weighted by Gasteiger charge is -2.34. The molecule has 154 valence electrons. The topological polar surface area (TPSA) is 83.3 Å². The first kappa shape index (κ1) is 20.5. The Bertz CT molecular complexity index is 1150. The number of amides is 1. The lowest BCUT2D eigenvalue weighted by molar-refractivity contribution is -0.113. The van der Waals surface area contributed by atoms with Crippen LogP contribution in [-0.2, 0) is 4.79 Å². The number of thiazole rings is 1. The highest BCUT2D eigenvalue weighted by atomic mass is 35.5. The van der Waals surface area contributed by atoms with E-state index in [4.69, 9.17) is 33.3 Å². The van der Waals surface area contributed by atoms with E-state index in [1.807, 2.05) is 43.6 Å². The number of benzene rings is 1. The van der Waals surface area contributed by atoms with Crippen molar-refractivity contribution in [1.82, 2.24) is 20.4 Å². The van der Waals surface area contributed by atoms with Gasteiger partial charge in [0.2, 0.25) is 0 Å². The van der Waals surface area contributed by atoms with Gasteiger partial charge in [-0.3, -0.25) is 4.79 Å². The number of nitrogens with zero attached hydrogens (tertiary/aromatic N) is 3. The Labute approximate surface area is 187 Å². The second-order valence-corrected chi connectivity index (χ2v) is 8.48. The largest absolute Gasteiger partial charge is 0.360 e. The molecule has 30 heavy (non-hydrogen) atoms. The molecular formula is C20H18ClN5O2S2. The number of hydrogen-bond acceptors (Lipinski definition) is 6. The molecule has 0 spiro atoms. The van der Waals surface area contributed by atoms with E-state index in [0.29, 0.717) is 33.0 Å². The van der Waals surface area contributed by atoms with Gasteiger partial charge in [0.25, 0.3) is 5.91 Å². The van der Waals surface area contributed by atoms with E-state index in [0.717, 1.165) is 16.3 Å². The van der Waals surface area contributed by atoms with Gasteiger partial charge in [0.05, 0.1) is 11.3 Å². The van der Waals surface area contributed by atoms with Crippen molar-refractivity contribution in [2.24, 2.45) is 0 Å². The van der Waals surface area contributed by atoms with Crippen molar-refractivity contribution in [1.29, 1.82) is 0 Å². The first-order chi connectivity index (χ1) is 14.3. The minimum Gasteiger partial charge on any atom is -0.360 e. The van der Waals surface area contributed by atoms with Crippen LogP contribution in [0.2, 0.25) is 5.02 Å². The van der Waals surface area contributed by atoms with Gasteiger partial charge in [-0.2, -0.15) is 0 Å². The molecule has 0 saturated carbocycles. The van der Waals surface area contributed by atoms with Gasteiger partial charge in [-0.1, -0.05) is 28.9 Å². The number of nitrogens with one attached hydrogen (secondary N) is 2. The number of aromatic nitrogens is 2. The molecule has 4 rings (SSSR count). The minimum atomic E-state index is -0.487. The fraction of sp³-hybridized carbons (Fsp3) is 0.200. The number of hydrogen-bond donors (Lipinski definition) is 2. The van der Waals surface area contributed by atoms with Crippen molar-refractivity contribution >= 4 is 52.0 Å². The zero-order valence-corrected chi connectivity index (χ0v) is 18.8. The van der Waals surface area contributed by atoms with Crippen molar-refractivity contribution in [2.45, 2.75) is 19.9 Å². The van der Waals surface area contributed by atoms with Gasteiger partial charge in [0, 0.05) is 34.8 Å². The van der Waals surface area contributed by atoms with E-state index in [1.54, 1.807) is 17.9 Å². The maximum absolute atomic E-state index is 13.1. The second-order valence-electron chi connectivity index (χ2n) is 6.80. The zero-order chi connectivity index (χ0) is 21.4. The number of halogens is 1. The Balaban J connectivity index is 1.69. The molecule has 3 aromatic rings. The number of rotatable bonds is 4. The normalized spacial score (nSPS) is 16.6. The lowest BCUT2D eigenvalue weighted by atomic mass is 9.99. The number of thiocarbonyl (C=S) groups is 1. The molecule has 1 aliphatic rings. The summed E-state index contributed by atoms with van der Waals surface area (Å²) in [6.07, 6.45) is 0. The quantitative estimate of drug-likeness (QED) is 0.554. The van der Waals surface area contributed by atoms with Crippen LogP contribution < -0.4 is 10.6 Å². The van der Waals surface area contributed by atoms with Crippen LogP contribution in [0.3, 0.4) is 0 Å². The van der Waals surface area contributed by atoms with Gasteiger partial charge in [0.15, 0.2) is 10.9 Å². The molecule has 0 bridgehead atoms. The summed E-state index contributed by atoms with van der Waals surface area (Å²) in [6.45, 7) is 3.62. The molecule has 2 aromatic heterocycles. The highest BCUT2D eigenvalue weighted by Crippen LogP contribution is 2.34. The molecule has 2 N–H and O–H groups in total. The van der Waals surface area contributed by atoms with Crippen molar-refractivity contribution in [3.63, 3.8) is 0 Å². The number of anilines is 1. The Hall–Kier alpha value is -2.75. The summed E-state index contributed by atoms with van der Waals surface area (Å²) in [5, 5.41) is 13.8. The predicted octanol–water partition coefficient (Wildman–Crippen LogP) is 4.53. The summed E-state index contributed by atoms with van der Waals surface area (Å²) in [5.41, 5.74) is 2.92. The van der Waals surface area contributed by atoms with Gasteiger partial charge in [-0.05, 0) is 38.2 Å². The minimum absolute atomic E-state index is 0.298. The van der Waals surface area contributed by atoms with Crippen LogP contribution in [-0.4, -0.2) is 33.1 Å². The lowest BCUT2D eigenvalue weighted by Crippen LogP contribution is -2.46. The van der Waals surface area contributed by atoms with Crippen molar-refractivity contribution in [2.75, 3.05) is 12.4 Å². The van der Waals surface area contributed by atoms with Crippen molar-refractivity contribution in [3.8, 4) is 10.6 Å². The molecule has 1 aliphatic heterocycles. The highest BCUT2D eigenvalue weighted by Gasteiger charge is 2.34. The molecule has 10 heteroatoms. The van der Waals surface area contributed by atoms with Gasteiger partial charge in [0.1, 0.15) is 16.8 Å². The third-order valence-corrected chi connectivity index (χ3v) is 6.33. The molecule has 1 aromatic carbocycles. The molecule has 0 aliphatic carbocycles. The summed E-state index contributed by atoms with van der Waals surface area (Å²) < 4.78 is 5.04. The molecule has 0 saturated heterocycles. The van der Waals surface area contributed by atoms with E-state index < -0.39 is 6.04 Å². The Kier molecular flexibility index (Phi) is 5.59. The second kappa shape index (κ2) is 8.17. The van der Waals surface area contributed by atoms with E-state index >= 15 is 0 Å². The highest BCUT2D eigenvalue weighted by molar-refractivity contribution is 7.80. The molecule has 0 radical (unpaired) electrons. The van der Waals surface area contributed by atoms with Crippen LogP contribution in [0.25, 0.3) is 10.6 Å². The number of carbonyl (C=O) groups is 1. The van der Waals surface area contributed by atoms with Crippen LogP contribution in [0.15, 0.2) is 51.5 Å². The van der Waals surface area contributed by atoms with Crippen LogP contribution in [0.1, 0.15) is 24.4 Å². The molecule has 1 amide bonds. The number of aryl methyl sites for hydroxylation is 1. The summed E-state index contributed by atoms with van der Waals surface area (Å²) in [5.74, 6) is 0.668. The fourth-order valence-electron chi connectivity index (χ4n) is 3.10. The van der Waals surface area contributed by atoms with Crippen molar-refractivity contribution < 1.29 is 9.32 Å².